The predicted molar refractivity (Wildman–Crippen MR) is 116 cm³/mol. The number of hydrogen-bond acceptors (Lipinski definition) is 5. The first-order valence-corrected chi connectivity index (χ1v) is 9.75. The molecule has 0 atom stereocenters. The second-order valence-electron chi connectivity index (χ2n) is 6.90. The van der Waals surface area contributed by atoms with Gasteiger partial charge in [0.05, 0.1) is 20.1 Å². The summed E-state index contributed by atoms with van der Waals surface area (Å²) in [4.78, 5) is 16.3. The Morgan fingerprint density at radius 2 is 1.73 bits per heavy atom. The molecule has 6 nitrogen and oxygen atoms in total. The number of aromatic nitrogens is 1. The molecule has 2 aromatic carbocycles. The second-order valence-corrected chi connectivity index (χ2v) is 6.90. The van der Waals surface area contributed by atoms with Crippen molar-refractivity contribution in [2.24, 2.45) is 0 Å². The molecule has 1 amide bonds. The van der Waals surface area contributed by atoms with Gasteiger partial charge in [-0.05, 0) is 66.9 Å². The molecule has 0 aliphatic heterocycles. The van der Waals surface area contributed by atoms with Gasteiger partial charge in [-0.25, -0.2) is 0 Å². The van der Waals surface area contributed by atoms with Crippen LogP contribution in [-0.4, -0.2) is 24.6 Å². The maximum absolute atomic E-state index is 12.3. The zero-order chi connectivity index (χ0) is 21.3. The summed E-state index contributed by atoms with van der Waals surface area (Å²) in [5.74, 6) is 1.78. The summed E-state index contributed by atoms with van der Waals surface area (Å²) in [6, 6.07) is 15.0. The normalized spacial score (nSPS) is 10.4. The summed E-state index contributed by atoms with van der Waals surface area (Å²) in [5, 5.41) is 2.87. The van der Waals surface area contributed by atoms with Crippen molar-refractivity contribution in [3.63, 3.8) is 0 Å². The third-order valence-corrected chi connectivity index (χ3v) is 4.67. The number of rotatable bonds is 9. The minimum Gasteiger partial charge on any atom is -0.493 e. The van der Waals surface area contributed by atoms with Crippen LogP contribution < -0.4 is 19.5 Å². The number of amides is 1. The standard InChI is InChI=1S/C24H26N2O4/c1-17-4-6-21(14-18(17)2)29-13-10-24(27)26-20-5-7-22(28-3)23(15-20)30-16-19-8-11-25-12-9-19/h4-9,11-12,14-15H,10,13,16H2,1-3H3,(H,26,27). The molecule has 0 radical (unpaired) electrons. The summed E-state index contributed by atoms with van der Waals surface area (Å²) in [7, 11) is 1.58. The van der Waals surface area contributed by atoms with Crippen LogP contribution in [0.1, 0.15) is 23.1 Å². The topological polar surface area (TPSA) is 69.7 Å². The second kappa shape index (κ2) is 10.3. The molecule has 0 saturated carbocycles. The molecule has 0 unspecified atom stereocenters. The molecule has 30 heavy (non-hydrogen) atoms. The zero-order valence-corrected chi connectivity index (χ0v) is 17.5. The molecule has 0 fully saturated rings. The Hall–Kier alpha value is -3.54. The van der Waals surface area contributed by atoms with Gasteiger partial charge in [0.25, 0.3) is 0 Å². The monoisotopic (exact) mass is 406 g/mol. The third-order valence-electron chi connectivity index (χ3n) is 4.67. The smallest absolute Gasteiger partial charge is 0.227 e. The van der Waals surface area contributed by atoms with E-state index >= 15 is 0 Å². The van der Waals surface area contributed by atoms with Gasteiger partial charge in [0.1, 0.15) is 12.4 Å². The number of nitrogens with one attached hydrogen (secondary N) is 1. The fraction of sp³-hybridized carbons (Fsp3) is 0.250. The lowest BCUT2D eigenvalue weighted by molar-refractivity contribution is -0.116. The molecule has 6 heteroatoms. The van der Waals surface area contributed by atoms with E-state index in [4.69, 9.17) is 14.2 Å². The van der Waals surface area contributed by atoms with Crippen molar-refractivity contribution < 1.29 is 19.0 Å². The molecule has 0 spiro atoms. The van der Waals surface area contributed by atoms with E-state index in [1.54, 1.807) is 37.7 Å². The van der Waals surface area contributed by atoms with Crippen molar-refractivity contribution in [1.29, 1.82) is 0 Å². The highest BCUT2D eigenvalue weighted by atomic mass is 16.5. The lowest BCUT2D eigenvalue weighted by Crippen LogP contribution is -2.15. The highest BCUT2D eigenvalue weighted by Crippen LogP contribution is 2.31. The average Bonchev–Trinajstić information content (AvgIpc) is 2.75. The van der Waals surface area contributed by atoms with Crippen molar-refractivity contribution in [3.05, 3.63) is 77.6 Å². The van der Waals surface area contributed by atoms with E-state index in [0.29, 0.717) is 30.4 Å². The number of anilines is 1. The van der Waals surface area contributed by atoms with Gasteiger partial charge >= 0.3 is 0 Å². The van der Waals surface area contributed by atoms with Crippen molar-refractivity contribution in [1.82, 2.24) is 4.98 Å². The molecule has 3 aromatic rings. The summed E-state index contributed by atoms with van der Waals surface area (Å²) < 4.78 is 16.9. The number of carbonyl (C=O) groups is 1. The van der Waals surface area contributed by atoms with Gasteiger partial charge < -0.3 is 19.5 Å². The maximum atomic E-state index is 12.3. The lowest BCUT2D eigenvalue weighted by Gasteiger charge is -2.13. The van der Waals surface area contributed by atoms with Crippen LogP contribution >= 0.6 is 0 Å². The lowest BCUT2D eigenvalue weighted by atomic mass is 10.1. The van der Waals surface area contributed by atoms with Crippen molar-refractivity contribution in [2.75, 3.05) is 19.0 Å². The Balaban J connectivity index is 1.54. The fourth-order valence-electron chi connectivity index (χ4n) is 2.80. The Labute approximate surface area is 176 Å². The molecule has 1 N–H and O–H groups in total. The van der Waals surface area contributed by atoms with E-state index < -0.39 is 0 Å². The summed E-state index contributed by atoms with van der Waals surface area (Å²) in [6.07, 6.45) is 3.67. The molecule has 0 aliphatic carbocycles. The summed E-state index contributed by atoms with van der Waals surface area (Å²) in [5.41, 5.74) is 4.00. The van der Waals surface area contributed by atoms with Crippen molar-refractivity contribution in [2.45, 2.75) is 26.9 Å². The molecule has 0 aliphatic rings. The molecule has 0 saturated heterocycles. The van der Waals surface area contributed by atoms with Gasteiger partial charge in [-0.15, -0.1) is 0 Å². The van der Waals surface area contributed by atoms with Crippen molar-refractivity contribution >= 4 is 11.6 Å². The number of aryl methyl sites for hydroxylation is 2. The van der Waals surface area contributed by atoms with E-state index in [1.165, 1.54) is 5.56 Å². The van der Waals surface area contributed by atoms with Gasteiger partial charge in [0.2, 0.25) is 5.91 Å². The van der Waals surface area contributed by atoms with Crippen molar-refractivity contribution in [3.8, 4) is 17.2 Å². The molecule has 156 valence electrons. The first kappa shape index (κ1) is 21.2. The predicted octanol–water partition coefficient (Wildman–Crippen LogP) is 4.69. The molecule has 1 aromatic heterocycles. The van der Waals surface area contributed by atoms with Gasteiger partial charge in [-0.2, -0.15) is 0 Å². The largest absolute Gasteiger partial charge is 0.493 e. The van der Waals surface area contributed by atoms with Gasteiger partial charge in [0.15, 0.2) is 11.5 Å². The number of hydrogen-bond donors (Lipinski definition) is 1. The highest BCUT2D eigenvalue weighted by molar-refractivity contribution is 5.91. The average molecular weight is 406 g/mol. The molecular formula is C24H26N2O4. The van der Waals surface area contributed by atoms with E-state index in [9.17, 15) is 4.79 Å². The molecule has 1 heterocycles. The third kappa shape index (κ3) is 5.98. The SMILES string of the molecule is COc1ccc(NC(=O)CCOc2ccc(C)c(C)c2)cc1OCc1ccncc1. The van der Waals surface area contributed by atoms with Gasteiger partial charge in [-0.1, -0.05) is 6.07 Å². The van der Waals surface area contributed by atoms with E-state index in [1.807, 2.05) is 37.3 Å². The maximum Gasteiger partial charge on any atom is 0.227 e. The zero-order valence-electron chi connectivity index (χ0n) is 17.5. The number of carbonyl (C=O) groups excluding carboxylic acids is 1. The van der Waals surface area contributed by atoms with Crippen LogP contribution in [0.2, 0.25) is 0 Å². The van der Waals surface area contributed by atoms with Crippen LogP contribution in [0.15, 0.2) is 60.9 Å². The summed E-state index contributed by atoms with van der Waals surface area (Å²) >= 11 is 0. The quantitative estimate of drug-likeness (QED) is 0.558. The van der Waals surface area contributed by atoms with Gasteiger partial charge in [0, 0.05) is 24.1 Å². The molecule has 0 bridgehead atoms. The van der Waals surface area contributed by atoms with Crippen LogP contribution in [0.4, 0.5) is 5.69 Å². The Kier molecular flexibility index (Phi) is 7.27. The van der Waals surface area contributed by atoms with Crippen LogP contribution in [0, 0.1) is 13.8 Å². The molecule has 3 rings (SSSR count). The Morgan fingerprint density at radius 3 is 2.47 bits per heavy atom. The van der Waals surface area contributed by atoms with Gasteiger partial charge in [-0.3, -0.25) is 9.78 Å². The Morgan fingerprint density at radius 1 is 0.933 bits per heavy atom. The minimum absolute atomic E-state index is 0.135. The van der Waals surface area contributed by atoms with Crippen LogP contribution in [-0.2, 0) is 11.4 Å². The minimum atomic E-state index is -0.135. The Bertz CT molecular complexity index is 990. The van der Waals surface area contributed by atoms with E-state index in [2.05, 4.69) is 17.2 Å². The van der Waals surface area contributed by atoms with Crippen LogP contribution in [0.25, 0.3) is 0 Å². The first-order chi connectivity index (χ1) is 14.5. The number of methoxy groups -OCH3 is 1. The summed E-state index contributed by atoms with van der Waals surface area (Å²) in [6.45, 7) is 4.76. The van der Waals surface area contributed by atoms with E-state index in [0.717, 1.165) is 16.9 Å². The number of nitrogens with zero attached hydrogens (tertiary/aromatic N) is 1. The fourth-order valence-corrected chi connectivity index (χ4v) is 2.80. The first-order valence-electron chi connectivity index (χ1n) is 9.75. The van der Waals surface area contributed by atoms with Crippen LogP contribution in [0.3, 0.4) is 0 Å². The number of benzene rings is 2. The number of ether oxygens (including phenoxy) is 3. The van der Waals surface area contributed by atoms with E-state index in [-0.39, 0.29) is 12.3 Å². The van der Waals surface area contributed by atoms with Crippen LogP contribution in [0.5, 0.6) is 17.2 Å². The highest BCUT2D eigenvalue weighted by Gasteiger charge is 2.09. The number of pyridine rings is 1. The molecular weight excluding hydrogens is 380 g/mol.